The molecule has 1 aromatic rings. The first kappa shape index (κ1) is 17.4. The van der Waals surface area contributed by atoms with Gasteiger partial charge in [0, 0.05) is 25.2 Å². The van der Waals surface area contributed by atoms with E-state index in [1.54, 1.807) is 0 Å². The van der Waals surface area contributed by atoms with Crippen molar-refractivity contribution in [3.8, 4) is 5.75 Å². The molecular formula is C16H25FN2O2. The van der Waals surface area contributed by atoms with E-state index in [0.29, 0.717) is 24.4 Å². The molecule has 0 radical (unpaired) electrons. The molecule has 0 bridgehead atoms. The summed E-state index contributed by atoms with van der Waals surface area (Å²) in [7, 11) is 0. The van der Waals surface area contributed by atoms with Crippen LogP contribution in [0, 0.1) is 5.82 Å². The second kappa shape index (κ2) is 8.62. The number of nitrogens with zero attached hydrogens (tertiary/aromatic N) is 1. The maximum absolute atomic E-state index is 12.7. The SMILES string of the molecule is CC(C)N(CCNC(=O)COc1ccc(F)cc1)C(C)C. The molecule has 0 aliphatic heterocycles. The molecule has 0 fully saturated rings. The maximum Gasteiger partial charge on any atom is 0.257 e. The summed E-state index contributed by atoms with van der Waals surface area (Å²) in [6.45, 7) is 9.88. The van der Waals surface area contributed by atoms with Gasteiger partial charge in [0.1, 0.15) is 11.6 Å². The van der Waals surface area contributed by atoms with E-state index in [0.717, 1.165) is 6.54 Å². The van der Waals surface area contributed by atoms with Crippen LogP contribution >= 0.6 is 0 Å². The molecule has 0 unspecified atom stereocenters. The third-order valence-electron chi connectivity index (χ3n) is 3.20. The Morgan fingerprint density at radius 2 is 1.76 bits per heavy atom. The molecule has 0 aromatic heterocycles. The van der Waals surface area contributed by atoms with E-state index in [9.17, 15) is 9.18 Å². The molecule has 21 heavy (non-hydrogen) atoms. The number of carbonyl (C=O) groups is 1. The number of carbonyl (C=O) groups excluding carboxylic acids is 1. The first-order chi connectivity index (χ1) is 9.90. The summed E-state index contributed by atoms with van der Waals surface area (Å²) in [6.07, 6.45) is 0. The Bertz CT molecular complexity index is 424. The average Bonchev–Trinajstić information content (AvgIpc) is 2.42. The van der Waals surface area contributed by atoms with Gasteiger partial charge in [0.05, 0.1) is 0 Å². The lowest BCUT2D eigenvalue weighted by Crippen LogP contribution is -2.43. The smallest absolute Gasteiger partial charge is 0.257 e. The largest absolute Gasteiger partial charge is 0.484 e. The molecule has 0 heterocycles. The van der Waals surface area contributed by atoms with Crippen molar-refractivity contribution in [1.29, 1.82) is 0 Å². The van der Waals surface area contributed by atoms with Gasteiger partial charge in [0.2, 0.25) is 0 Å². The van der Waals surface area contributed by atoms with Crippen molar-refractivity contribution in [2.45, 2.75) is 39.8 Å². The summed E-state index contributed by atoms with van der Waals surface area (Å²) in [5.74, 6) is -0.0152. The monoisotopic (exact) mass is 296 g/mol. The van der Waals surface area contributed by atoms with Gasteiger partial charge in [-0.1, -0.05) is 0 Å². The highest BCUT2D eigenvalue weighted by Crippen LogP contribution is 2.10. The Labute approximate surface area is 126 Å². The zero-order chi connectivity index (χ0) is 15.8. The third-order valence-corrected chi connectivity index (χ3v) is 3.20. The summed E-state index contributed by atoms with van der Waals surface area (Å²) in [4.78, 5) is 14.0. The number of nitrogens with one attached hydrogen (secondary N) is 1. The molecule has 1 rings (SSSR count). The van der Waals surface area contributed by atoms with Gasteiger partial charge in [-0.05, 0) is 52.0 Å². The topological polar surface area (TPSA) is 41.6 Å². The minimum Gasteiger partial charge on any atom is -0.484 e. The highest BCUT2D eigenvalue weighted by Gasteiger charge is 2.13. The molecule has 1 N–H and O–H groups in total. The van der Waals surface area contributed by atoms with Gasteiger partial charge in [-0.25, -0.2) is 4.39 Å². The lowest BCUT2D eigenvalue weighted by molar-refractivity contribution is -0.123. The van der Waals surface area contributed by atoms with E-state index in [1.807, 2.05) is 0 Å². The Hall–Kier alpha value is -1.62. The molecule has 0 aliphatic carbocycles. The molecule has 118 valence electrons. The average molecular weight is 296 g/mol. The summed E-state index contributed by atoms with van der Waals surface area (Å²) in [6, 6.07) is 6.49. The number of hydrogen-bond donors (Lipinski definition) is 1. The fraction of sp³-hybridized carbons (Fsp3) is 0.562. The van der Waals surface area contributed by atoms with Gasteiger partial charge in [0.25, 0.3) is 5.91 Å². The number of rotatable bonds is 8. The van der Waals surface area contributed by atoms with Gasteiger partial charge in [-0.2, -0.15) is 0 Å². The molecule has 5 heteroatoms. The fourth-order valence-electron chi connectivity index (χ4n) is 2.17. The normalized spacial score (nSPS) is 11.2. The van der Waals surface area contributed by atoms with Crippen LogP contribution in [0.5, 0.6) is 5.75 Å². The van der Waals surface area contributed by atoms with Crippen LogP contribution in [0.2, 0.25) is 0 Å². The molecule has 0 saturated heterocycles. The quantitative estimate of drug-likeness (QED) is 0.801. The van der Waals surface area contributed by atoms with E-state index in [4.69, 9.17) is 4.74 Å². The van der Waals surface area contributed by atoms with E-state index in [-0.39, 0.29) is 18.3 Å². The number of amides is 1. The second-order valence-electron chi connectivity index (χ2n) is 5.52. The van der Waals surface area contributed by atoms with Gasteiger partial charge in [-0.15, -0.1) is 0 Å². The van der Waals surface area contributed by atoms with Crippen molar-refractivity contribution in [2.24, 2.45) is 0 Å². The van der Waals surface area contributed by atoms with Crippen molar-refractivity contribution in [1.82, 2.24) is 10.2 Å². The summed E-state index contributed by atoms with van der Waals surface area (Å²) >= 11 is 0. The predicted octanol–water partition coefficient (Wildman–Crippen LogP) is 2.44. The predicted molar refractivity (Wildman–Crippen MR) is 81.9 cm³/mol. The zero-order valence-corrected chi connectivity index (χ0v) is 13.2. The van der Waals surface area contributed by atoms with Gasteiger partial charge in [0.15, 0.2) is 6.61 Å². The van der Waals surface area contributed by atoms with E-state index in [2.05, 4.69) is 37.9 Å². The zero-order valence-electron chi connectivity index (χ0n) is 13.2. The van der Waals surface area contributed by atoms with Crippen LogP contribution in [0.15, 0.2) is 24.3 Å². The fourth-order valence-corrected chi connectivity index (χ4v) is 2.17. The van der Waals surface area contributed by atoms with Gasteiger partial charge < -0.3 is 10.1 Å². The van der Waals surface area contributed by atoms with Crippen molar-refractivity contribution >= 4 is 5.91 Å². The molecule has 0 aliphatic rings. The molecule has 0 spiro atoms. The van der Waals surface area contributed by atoms with Crippen LogP contribution in [-0.2, 0) is 4.79 Å². The van der Waals surface area contributed by atoms with E-state index >= 15 is 0 Å². The highest BCUT2D eigenvalue weighted by molar-refractivity contribution is 5.77. The first-order valence-electron chi connectivity index (χ1n) is 7.31. The van der Waals surface area contributed by atoms with Crippen molar-refractivity contribution in [2.75, 3.05) is 19.7 Å². The van der Waals surface area contributed by atoms with E-state index in [1.165, 1.54) is 24.3 Å². The number of ether oxygens (including phenoxy) is 1. The minimum atomic E-state index is -0.325. The number of benzene rings is 1. The Morgan fingerprint density at radius 1 is 1.19 bits per heavy atom. The molecule has 0 atom stereocenters. The van der Waals surface area contributed by atoms with Gasteiger partial charge >= 0.3 is 0 Å². The van der Waals surface area contributed by atoms with E-state index < -0.39 is 0 Å². The van der Waals surface area contributed by atoms with Gasteiger partial charge in [-0.3, -0.25) is 9.69 Å². The van der Waals surface area contributed by atoms with Crippen LogP contribution in [0.1, 0.15) is 27.7 Å². The Balaban J connectivity index is 2.26. The summed E-state index contributed by atoms with van der Waals surface area (Å²) < 4.78 is 18.0. The summed E-state index contributed by atoms with van der Waals surface area (Å²) in [5.41, 5.74) is 0. The van der Waals surface area contributed by atoms with Crippen LogP contribution in [0.3, 0.4) is 0 Å². The second-order valence-corrected chi connectivity index (χ2v) is 5.52. The lowest BCUT2D eigenvalue weighted by atomic mass is 10.2. The van der Waals surface area contributed by atoms with Crippen LogP contribution in [0.25, 0.3) is 0 Å². The maximum atomic E-state index is 12.7. The molecule has 4 nitrogen and oxygen atoms in total. The standard InChI is InChI=1S/C16H25FN2O2/c1-12(2)19(13(3)4)10-9-18-16(20)11-21-15-7-5-14(17)6-8-15/h5-8,12-13H,9-11H2,1-4H3,(H,18,20). The minimum absolute atomic E-state index is 0.0605. The Morgan fingerprint density at radius 3 is 2.29 bits per heavy atom. The Kier molecular flexibility index (Phi) is 7.15. The molecule has 1 amide bonds. The van der Waals surface area contributed by atoms with Crippen LogP contribution in [0.4, 0.5) is 4.39 Å². The number of halogens is 1. The highest BCUT2D eigenvalue weighted by atomic mass is 19.1. The van der Waals surface area contributed by atoms with Crippen molar-refractivity contribution in [3.63, 3.8) is 0 Å². The molecule has 1 aromatic carbocycles. The molecule has 0 saturated carbocycles. The lowest BCUT2D eigenvalue weighted by Gasteiger charge is -2.30. The van der Waals surface area contributed by atoms with Crippen LogP contribution < -0.4 is 10.1 Å². The van der Waals surface area contributed by atoms with Crippen LogP contribution in [-0.4, -0.2) is 42.6 Å². The summed E-state index contributed by atoms with van der Waals surface area (Å²) in [5, 5.41) is 2.82. The van der Waals surface area contributed by atoms with Crippen molar-refractivity contribution < 1.29 is 13.9 Å². The molecular weight excluding hydrogens is 271 g/mol. The third kappa shape index (κ3) is 6.58. The number of hydrogen-bond acceptors (Lipinski definition) is 3. The first-order valence-corrected chi connectivity index (χ1v) is 7.31. The van der Waals surface area contributed by atoms with Crippen molar-refractivity contribution in [3.05, 3.63) is 30.1 Å².